The molecule has 0 unspecified atom stereocenters. The molecular weight excluding hydrogens is 366 g/mol. The van der Waals surface area contributed by atoms with E-state index in [1.165, 1.54) is 16.4 Å². The third-order valence-corrected chi connectivity index (χ3v) is 7.04. The summed E-state index contributed by atoms with van der Waals surface area (Å²) in [6, 6.07) is 6.23. The van der Waals surface area contributed by atoms with Crippen molar-refractivity contribution in [3.05, 3.63) is 24.3 Å². The lowest BCUT2D eigenvalue weighted by atomic mass is 10.1. The van der Waals surface area contributed by atoms with Crippen molar-refractivity contribution in [2.45, 2.75) is 50.5 Å². The highest BCUT2D eigenvalue weighted by Crippen LogP contribution is 2.27. The van der Waals surface area contributed by atoms with Crippen LogP contribution in [0.4, 0.5) is 5.69 Å². The molecule has 0 aliphatic carbocycles. The number of carbonyl (C=O) groups is 2. The van der Waals surface area contributed by atoms with E-state index in [1.54, 1.807) is 17.0 Å². The highest BCUT2D eigenvalue weighted by Gasteiger charge is 2.39. The first-order valence-corrected chi connectivity index (χ1v) is 10.7. The van der Waals surface area contributed by atoms with Crippen LogP contribution in [-0.2, 0) is 19.6 Å². The number of anilines is 1. The van der Waals surface area contributed by atoms with Crippen molar-refractivity contribution in [3.63, 3.8) is 0 Å². The van der Waals surface area contributed by atoms with E-state index in [1.807, 2.05) is 20.8 Å². The fraction of sp³-hybridized carbons (Fsp3) is 0.579. The van der Waals surface area contributed by atoms with E-state index in [-0.39, 0.29) is 28.7 Å². The molecule has 8 heteroatoms. The summed E-state index contributed by atoms with van der Waals surface area (Å²) in [5, 5.41) is 2.80. The predicted molar refractivity (Wildman–Crippen MR) is 103 cm³/mol. The van der Waals surface area contributed by atoms with Crippen LogP contribution < -0.4 is 5.32 Å². The summed E-state index contributed by atoms with van der Waals surface area (Å²) in [7, 11) is -3.46. The van der Waals surface area contributed by atoms with Crippen LogP contribution in [0.25, 0.3) is 0 Å². The van der Waals surface area contributed by atoms with Gasteiger partial charge in [0.25, 0.3) is 0 Å². The monoisotopic (exact) mass is 393 g/mol. The first-order chi connectivity index (χ1) is 12.6. The van der Waals surface area contributed by atoms with Crippen LogP contribution in [0.1, 0.15) is 40.0 Å². The molecule has 2 saturated heterocycles. The van der Waals surface area contributed by atoms with Crippen molar-refractivity contribution in [3.8, 4) is 0 Å². The van der Waals surface area contributed by atoms with Gasteiger partial charge in [-0.05, 0) is 57.9 Å². The van der Waals surface area contributed by atoms with E-state index >= 15 is 0 Å². The zero-order chi connectivity index (χ0) is 19.8. The summed E-state index contributed by atoms with van der Waals surface area (Å²) in [5.41, 5.74) is 0.222. The Morgan fingerprint density at radius 1 is 1.11 bits per heavy atom. The van der Waals surface area contributed by atoms with Crippen LogP contribution in [0.5, 0.6) is 0 Å². The topological polar surface area (TPSA) is 86.8 Å². The maximum absolute atomic E-state index is 12.5. The SMILES string of the molecule is CC(C)(C)N1C[C@@H](C(=O)Nc2ccc(S(=O)(=O)N3CCCC3)cc2)CC1=O. The number of carbonyl (C=O) groups excluding carboxylic acids is 2. The van der Waals surface area contributed by atoms with Crippen LogP contribution >= 0.6 is 0 Å². The Morgan fingerprint density at radius 3 is 2.22 bits per heavy atom. The molecule has 148 valence electrons. The van der Waals surface area contributed by atoms with Crippen LogP contribution in [0, 0.1) is 5.92 Å². The average Bonchev–Trinajstić information content (AvgIpc) is 3.24. The Balaban J connectivity index is 1.65. The maximum atomic E-state index is 12.5. The highest BCUT2D eigenvalue weighted by atomic mass is 32.2. The predicted octanol–water partition coefficient (Wildman–Crippen LogP) is 2.06. The number of rotatable bonds is 4. The molecule has 0 bridgehead atoms. The van der Waals surface area contributed by atoms with E-state index in [9.17, 15) is 18.0 Å². The largest absolute Gasteiger partial charge is 0.337 e. The standard InChI is InChI=1S/C19H27N3O4S/c1-19(2,3)22-13-14(12-17(22)23)18(24)20-15-6-8-16(9-7-15)27(25,26)21-10-4-5-11-21/h6-9,14H,4-5,10-13H2,1-3H3,(H,20,24)/t14-/m0/s1. The molecule has 0 saturated carbocycles. The van der Waals surface area contributed by atoms with E-state index < -0.39 is 15.9 Å². The molecule has 2 aliphatic heterocycles. The molecule has 3 rings (SSSR count). The fourth-order valence-corrected chi connectivity index (χ4v) is 5.08. The van der Waals surface area contributed by atoms with Crippen LogP contribution in [0.15, 0.2) is 29.2 Å². The van der Waals surface area contributed by atoms with Gasteiger partial charge in [-0.2, -0.15) is 4.31 Å². The third-order valence-electron chi connectivity index (χ3n) is 5.13. The second-order valence-corrected chi connectivity index (χ2v) is 10.1. The number of nitrogens with one attached hydrogen (secondary N) is 1. The average molecular weight is 394 g/mol. The normalized spacial score (nSPS) is 21.7. The number of amides is 2. The number of hydrogen-bond acceptors (Lipinski definition) is 4. The highest BCUT2D eigenvalue weighted by molar-refractivity contribution is 7.89. The molecule has 1 N–H and O–H groups in total. The zero-order valence-corrected chi connectivity index (χ0v) is 16.9. The Labute approximate surface area is 160 Å². The first kappa shape index (κ1) is 19.8. The summed E-state index contributed by atoms with van der Waals surface area (Å²) in [6.07, 6.45) is 1.97. The summed E-state index contributed by atoms with van der Waals surface area (Å²) < 4.78 is 26.6. The number of sulfonamides is 1. The molecule has 2 amide bonds. The van der Waals surface area contributed by atoms with Crippen LogP contribution in [-0.4, -0.2) is 54.6 Å². The van der Waals surface area contributed by atoms with Gasteiger partial charge in [-0.15, -0.1) is 0 Å². The van der Waals surface area contributed by atoms with Gasteiger partial charge in [0.2, 0.25) is 21.8 Å². The van der Waals surface area contributed by atoms with Gasteiger partial charge < -0.3 is 10.2 Å². The van der Waals surface area contributed by atoms with E-state index in [0.29, 0.717) is 25.3 Å². The van der Waals surface area contributed by atoms with Gasteiger partial charge in [0.15, 0.2) is 0 Å². The molecular formula is C19H27N3O4S. The summed E-state index contributed by atoms with van der Waals surface area (Å²) in [6.45, 7) is 7.36. The molecule has 2 aliphatic rings. The molecule has 1 atom stereocenters. The van der Waals surface area contributed by atoms with Gasteiger partial charge in [-0.1, -0.05) is 0 Å². The second-order valence-electron chi connectivity index (χ2n) is 8.20. The van der Waals surface area contributed by atoms with Crippen molar-refractivity contribution in [2.24, 2.45) is 5.92 Å². The molecule has 1 aromatic carbocycles. The van der Waals surface area contributed by atoms with E-state index in [0.717, 1.165) is 12.8 Å². The van der Waals surface area contributed by atoms with Gasteiger partial charge in [-0.25, -0.2) is 8.42 Å². The number of likely N-dealkylation sites (tertiary alicyclic amines) is 1. The zero-order valence-electron chi connectivity index (χ0n) is 16.1. The smallest absolute Gasteiger partial charge is 0.243 e. The van der Waals surface area contributed by atoms with E-state index in [4.69, 9.17) is 0 Å². The second kappa shape index (κ2) is 7.24. The Kier molecular flexibility index (Phi) is 5.31. The minimum Gasteiger partial charge on any atom is -0.337 e. The van der Waals surface area contributed by atoms with Crippen molar-refractivity contribution < 1.29 is 18.0 Å². The van der Waals surface area contributed by atoms with Crippen LogP contribution in [0.2, 0.25) is 0 Å². The lowest BCUT2D eigenvalue weighted by Crippen LogP contribution is -2.42. The molecule has 27 heavy (non-hydrogen) atoms. The van der Waals surface area contributed by atoms with Crippen molar-refractivity contribution in [1.82, 2.24) is 9.21 Å². The van der Waals surface area contributed by atoms with Gasteiger partial charge in [0, 0.05) is 37.3 Å². The minimum atomic E-state index is -3.46. The quantitative estimate of drug-likeness (QED) is 0.848. The molecule has 2 heterocycles. The molecule has 7 nitrogen and oxygen atoms in total. The lowest BCUT2D eigenvalue weighted by Gasteiger charge is -2.31. The van der Waals surface area contributed by atoms with Gasteiger partial charge >= 0.3 is 0 Å². The van der Waals surface area contributed by atoms with Crippen molar-refractivity contribution >= 4 is 27.5 Å². The third kappa shape index (κ3) is 4.16. The van der Waals surface area contributed by atoms with Gasteiger partial charge in [-0.3, -0.25) is 9.59 Å². The Bertz CT molecular complexity index is 822. The van der Waals surface area contributed by atoms with E-state index in [2.05, 4.69) is 5.32 Å². The number of hydrogen-bond donors (Lipinski definition) is 1. The fourth-order valence-electron chi connectivity index (χ4n) is 3.56. The maximum Gasteiger partial charge on any atom is 0.243 e. The number of nitrogens with zero attached hydrogens (tertiary/aromatic N) is 2. The van der Waals surface area contributed by atoms with Crippen molar-refractivity contribution in [1.29, 1.82) is 0 Å². The van der Waals surface area contributed by atoms with Crippen molar-refractivity contribution in [2.75, 3.05) is 25.0 Å². The molecule has 1 aromatic rings. The summed E-state index contributed by atoms with van der Waals surface area (Å²) in [4.78, 5) is 26.6. The van der Waals surface area contributed by atoms with Crippen LogP contribution in [0.3, 0.4) is 0 Å². The first-order valence-electron chi connectivity index (χ1n) is 9.30. The lowest BCUT2D eigenvalue weighted by molar-refractivity contribution is -0.131. The molecule has 2 fully saturated rings. The minimum absolute atomic E-state index is 0.0188. The molecule has 0 aromatic heterocycles. The Hall–Kier alpha value is -1.93. The molecule has 0 radical (unpaired) electrons. The Morgan fingerprint density at radius 2 is 1.70 bits per heavy atom. The number of benzene rings is 1. The van der Waals surface area contributed by atoms with Gasteiger partial charge in [0.1, 0.15) is 0 Å². The summed E-state index contributed by atoms with van der Waals surface area (Å²) in [5.74, 6) is -0.635. The molecule has 0 spiro atoms. The summed E-state index contributed by atoms with van der Waals surface area (Å²) >= 11 is 0. The van der Waals surface area contributed by atoms with Gasteiger partial charge in [0.05, 0.1) is 10.8 Å².